The molecular formula is C18H25N3O2. The zero-order valence-electron chi connectivity index (χ0n) is 13.5. The second-order valence-electron chi connectivity index (χ2n) is 6.49. The van der Waals surface area contributed by atoms with E-state index in [1.165, 1.54) is 0 Å². The third kappa shape index (κ3) is 4.10. The van der Waals surface area contributed by atoms with E-state index in [-0.39, 0.29) is 23.7 Å². The van der Waals surface area contributed by atoms with Gasteiger partial charge in [-0.1, -0.05) is 30.3 Å². The fourth-order valence-electron chi connectivity index (χ4n) is 3.42. The van der Waals surface area contributed by atoms with E-state index < -0.39 is 0 Å². The molecule has 2 heterocycles. The summed E-state index contributed by atoms with van der Waals surface area (Å²) in [5, 5.41) is 6.26. The Bertz CT molecular complexity index is 532. The third-order valence-corrected chi connectivity index (χ3v) is 4.90. The lowest BCUT2D eigenvalue weighted by molar-refractivity contribution is -0.138. The summed E-state index contributed by atoms with van der Waals surface area (Å²) in [4.78, 5) is 26.6. The standard InChI is InChI=1S/C18H25N3O2/c22-17(20-12-14-4-2-1-3-5-14)15-7-10-21(11-8-15)18(23)16-6-9-19-13-16/h1-5,15-16,19H,6-13H2,(H,20,22). The minimum atomic E-state index is 0.0319. The van der Waals surface area contributed by atoms with E-state index in [1.807, 2.05) is 35.2 Å². The largest absolute Gasteiger partial charge is 0.352 e. The minimum Gasteiger partial charge on any atom is -0.352 e. The average molecular weight is 315 g/mol. The highest BCUT2D eigenvalue weighted by Crippen LogP contribution is 2.21. The van der Waals surface area contributed by atoms with Crippen LogP contribution in [0.1, 0.15) is 24.8 Å². The second-order valence-corrected chi connectivity index (χ2v) is 6.49. The molecule has 23 heavy (non-hydrogen) atoms. The van der Waals surface area contributed by atoms with Crippen molar-refractivity contribution >= 4 is 11.8 Å². The number of amides is 2. The van der Waals surface area contributed by atoms with Crippen molar-refractivity contribution in [3.8, 4) is 0 Å². The van der Waals surface area contributed by atoms with Gasteiger partial charge >= 0.3 is 0 Å². The Morgan fingerprint density at radius 2 is 1.83 bits per heavy atom. The maximum absolute atomic E-state index is 12.4. The van der Waals surface area contributed by atoms with Crippen LogP contribution >= 0.6 is 0 Å². The van der Waals surface area contributed by atoms with Crippen LogP contribution in [-0.4, -0.2) is 42.9 Å². The number of benzene rings is 1. The van der Waals surface area contributed by atoms with Gasteiger partial charge in [-0.15, -0.1) is 0 Å². The van der Waals surface area contributed by atoms with Crippen LogP contribution in [0.2, 0.25) is 0 Å². The van der Waals surface area contributed by atoms with Gasteiger partial charge in [0.05, 0.1) is 5.92 Å². The fourth-order valence-corrected chi connectivity index (χ4v) is 3.42. The summed E-state index contributed by atoms with van der Waals surface area (Å²) >= 11 is 0. The second kappa shape index (κ2) is 7.59. The van der Waals surface area contributed by atoms with Crippen molar-refractivity contribution in [3.05, 3.63) is 35.9 Å². The van der Waals surface area contributed by atoms with Crippen LogP contribution < -0.4 is 10.6 Å². The van der Waals surface area contributed by atoms with Crippen LogP contribution in [0.15, 0.2) is 30.3 Å². The van der Waals surface area contributed by atoms with Crippen LogP contribution in [0.3, 0.4) is 0 Å². The number of carbonyl (C=O) groups excluding carboxylic acids is 2. The summed E-state index contributed by atoms with van der Waals surface area (Å²) in [5.41, 5.74) is 1.11. The van der Waals surface area contributed by atoms with E-state index in [2.05, 4.69) is 10.6 Å². The van der Waals surface area contributed by atoms with Crippen LogP contribution in [0.4, 0.5) is 0 Å². The molecule has 1 atom stereocenters. The van der Waals surface area contributed by atoms with Gasteiger partial charge in [0.25, 0.3) is 0 Å². The Morgan fingerprint density at radius 1 is 1.09 bits per heavy atom. The average Bonchev–Trinajstić information content (AvgIpc) is 3.15. The number of nitrogens with zero attached hydrogens (tertiary/aromatic N) is 1. The lowest BCUT2D eigenvalue weighted by Crippen LogP contribution is -2.45. The molecule has 3 rings (SSSR count). The van der Waals surface area contributed by atoms with Gasteiger partial charge < -0.3 is 15.5 Å². The molecule has 0 spiro atoms. The highest BCUT2D eigenvalue weighted by molar-refractivity contribution is 5.81. The molecule has 2 fully saturated rings. The predicted molar refractivity (Wildman–Crippen MR) is 88.6 cm³/mol. The first kappa shape index (κ1) is 16.0. The monoisotopic (exact) mass is 315 g/mol. The van der Waals surface area contributed by atoms with Crippen LogP contribution in [0.5, 0.6) is 0 Å². The topological polar surface area (TPSA) is 61.4 Å². The molecule has 1 unspecified atom stereocenters. The van der Waals surface area contributed by atoms with Gasteiger partial charge in [0.15, 0.2) is 0 Å². The van der Waals surface area contributed by atoms with Gasteiger partial charge in [-0.2, -0.15) is 0 Å². The van der Waals surface area contributed by atoms with E-state index in [4.69, 9.17) is 0 Å². The Hall–Kier alpha value is -1.88. The van der Waals surface area contributed by atoms with E-state index in [1.54, 1.807) is 0 Å². The molecule has 2 saturated heterocycles. The smallest absolute Gasteiger partial charge is 0.227 e. The molecule has 1 aromatic rings. The molecule has 0 aromatic heterocycles. The number of nitrogens with one attached hydrogen (secondary N) is 2. The van der Waals surface area contributed by atoms with Crippen molar-refractivity contribution in [1.82, 2.24) is 15.5 Å². The molecule has 2 N–H and O–H groups in total. The van der Waals surface area contributed by atoms with Crippen LogP contribution in [0.25, 0.3) is 0 Å². The normalized spacial score (nSPS) is 22.1. The SMILES string of the molecule is O=C(NCc1ccccc1)C1CCN(C(=O)C2CCNC2)CC1. The minimum absolute atomic E-state index is 0.0319. The van der Waals surface area contributed by atoms with Gasteiger partial charge in [-0.3, -0.25) is 9.59 Å². The molecule has 2 aliphatic heterocycles. The number of likely N-dealkylation sites (tertiary alicyclic amines) is 1. The first-order valence-electron chi connectivity index (χ1n) is 8.55. The van der Waals surface area contributed by atoms with E-state index in [0.717, 1.165) is 37.9 Å². The summed E-state index contributed by atoms with van der Waals surface area (Å²) in [7, 11) is 0. The fraction of sp³-hybridized carbons (Fsp3) is 0.556. The molecular weight excluding hydrogens is 290 g/mol. The number of carbonyl (C=O) groups is 2. The van der Waals surface area contributed by atoms with Crippen molar-refractivity contribution < 1.29 is 9.59 Å². The lowest BCUT2D eigenvalue weighted by Gasteiger charge is -2.32. The zero-order valence-corrected chi connectivity index (χ0v) is 13.5. The van der Waals surface area contributed by atoms with Crippen LogP contribution in [0, 0.1) is 11.8 Å². The van der Waals surface area contributed by atoms with Crippen molar-refractivity contribution in [1.29, 1.82) is 0 Å². The lowest BCUT2D eigenvalue weighted by atomic mass is 9.94. The quantitative estimate of drug-likeness (QED) is 0.876. The number of rotatable bonds is 4. The van der Waals surface area contributed by atoms with Gasteiger partial charge in [0, 0.05) is 32.1 Å². The first-order chi connectivity index (χ1) is 11.2. The molecule has 0 saturated carbocycles. The summed E-state index contributed by atoms with van der Waals surface area (Å²) in [6.45, 7) is 3.73. The van der Waals surface area contributed by atoms with Crippen molar-refractivity contribution in [2.45, 2.75) is 25.8 Å². The van der Waals surface area contributed by atoms with Crippen molar-refractivity contribution in [3.63, 3.8) is 0 Å². The number of hydrogen-bond acceptors (Lipinski definition) is 3. The van der Waals surface area contributed by atoms with E-state index in [0.29, 0.717) is 19.6 Å². The molecule has 0 radical (unpaired) electrons. The molecule has 5 nitrogen and oxygen atoms in total. The Labute approximate surface area is 137 Å². The molecule has 5 heteroatoms. The van der Waals surface area contributed by atoms with E-state index >= 15 is 0 Å². The number of hydrogen-bond donors (Lipinski definition) is 2. The Morgan fingerprint density at radius 3 is 2.48 bits per heavy atom. The Kier molecular flexibility index (Phi) is 5.28. The van der Waals surface area contributed by atoms with Crippen molar-refractivity contribution in [2.75, 3.05) is 26.2 Å². The summed E-state index contributed by atoms with van der Waals surface area (Å²) in [6.07, 6.45) is 2.48. The summed E-state index contributed by atoms with van der Waals surface area (Å²) in [5.74, 6) is 0.546. The third-order valence-electron chi connectivity index (χ3n) is 4.90. The maximum atomic E-state index is 12.4. The van der Waals surface area contributed by atoms with E-state index in [9.17, 15) is 9.59 Å². The maximum Gasteiger partial charge on any atom is 0.227 e. The molecule has 1 aromatic carbocycles. The summed E-state index contributed by atoms with van der Waals surface area (Å²) < 4.78 is 0. The molecule has 0 aliphatic carbocycles. The van der Waals surface area contributed by atoms with Gasteiger partial charge in [-0.05, 0) is 31.4 Å². The van der Waals surface area contributed by atoms with Gasteiger partial charge in [0.1, 0.15) is 0 Å². The number of piperidine rings is 1. The van der Waals surface area contributed by atoms with Gasteiger partial charge in [-0.25, -0.2) is 0 Å². The van der Waals surface area contributed by atoms with Crippen molar-refractivity contribution in [2.24, 2.45) is 11.8 Å². The molecule has 2 amide bonds. The molecule has 2 aliphatic rings. The highest BCUT2D eigenvalue weighted by Gasteiger charge is 2.31. The summed E-state index contributed by atoms with van der Waals surface area (Å²) in [6, 6.07) is 9.94. The van der Waals surface area contributed by atoms with Gasteiger partial charge in [0.2, 0.25) is 11.8 Å². The molecule has 0 bridgehead atoms. The Balaban J connectivity index is 1.43. The van der Waals surface area contributed by atoms with Crippen LogP contribution in [-0.2, 0) is 16.1 Å². The highest BCUT2D eigenvalue weighted by atomic mass is 16.2. The molecule has 124 valence electrons. The first-order valence-corrected chi connectivity index (χ1v) is 8.55. The zero-order chi connectivity index (χ0) is 16.1. The predicted octanol–water partition coefficient (Wildman–Crippen LogP) is 1.15.